The van der Waals surface area contributed by atoms with Gasteiger partial charge < -0.3 is 9.47 Å². The number of nitrogens with zero attached hydrogens (tertiary/aromatic N) is 1. The van der Waals surface area contributed by atoms with Crippen LogP contribution in [0.15, 0.2) is 45.8 Å². The molecule has 0 saturated carbocycles. The molecule has 3 rings (SSSR count). The third-order valence-electron chi connectivity index (χ3n) is 4.05. The van der Waals surface area contributed by atoms with E-state index in [2.05, 4.69) is 38.5 Å². The third kappa shape index (κ3) is 5.35. The highest BCUT2D eigenvalue weighted by Crippen LogP contribution is 2.37. The molecule has 1 aliphatic heterocycles. The first-order valence-corrected chi connectivity index (χ1v) is 11.7. The number of hydrogen-bond acceptors (Lipinski definition) is 5. The van der Waals surface area contributed by atoms with Crippen LogP contribution in [0.25, 0.3) is 6.08 Å². The lowest BCUT2D eigenvalue weighted by Crippen LogP contribution is -2.27. The summed E-state index contributed by atoms with van der Waals surface area (Å²) in [7, 11) is 0. The number of ether oxygens (including phenoxy) is 2. The molecule has 0 aromatic heterocycles. The van der Waals surface area contributed by atoms with Crippen molar-refractivity contribution in [2.24, 2.45) is 0 Å². The van der Waals surface area contributed by atoms with Crippen molar-refractivity contribution in [3.8, 4) is 11.5 Å². The average molecular weight is 588 g/mol. The average Bonchev–Trinajstić information content (AvgIpc) is 2.94. The van der Waals surface area contributed by atoms with Gasteiger partial charge in [0.05, 0.1) is 28.2 Å². The smallest absolute Gasteiger partial charge is 0.293 e. The van der Waals surface area contributed by atoms with E-state index in [1.54, 1.807) is 6.08 Å². The van der Waals surface area contributed by atoms with Crippen LogP contribution < -0.4 is 9.47 Å². The minimum atomic E-state index is -0.287. The fourth-order valence-electron chi connectivity index (χ4n) is 2.78. The Morgan fingerprint density at radius 1 is 1.10 bits per heavy atom. The van der Waals surface area contributed by atoms with Crippen LogP contribution >= 0.6 is 50.3 Å². The zero-order chi connectivity index (χ0) is 21.0. The fourth-order valence-corrected chi connectivity index (χ4v) is 4.66. The number of amides is 2. The first kappa shape index (κ1) is 22.2. The van der Waals surface area contributed by atoms with Gasteiger partial charge in [-0.1, -0.05) is 28.1 Å². The van der Waals surface area contributed by atoms with Crippen molar-refractivity contribution in [3.05, 3.63) is 60.5 Å². The summed E-state index contributed by atoms with van der Waals surface area (Å²) in [4.78, 5) is 26.9. The Morgan fingerprint density at radius 3 is 2.45 bits per heavy atom. The Balaban J connectivity index is 1.86. The molecule has 0 N–H and O–H groups in total. The molecule has 1 fully saturated rings. The largest absolute Gasteiger partial charge is 0.490 e. The quantitative estimate of drug-likeness (QED) is 0.290. The van der Waals surface area contributed by atoms with Gasteiger partial charge in [-0.25, -0.2) is 0 Å². The first-order valence-electron chi connectivity index (χ1n) is 9.01. The van der Waals surface area contributed by atoms with Crippen LogP contribution in [0.4, 0.5) is 4.79 Å². The molecule has 152 valence electrons. The molecule has 29 heavy (non-hydrogen) atoms. The van der Waals surface area contributed by atoms with E-state index in [1.165, 1.54) is 4.90 Å². The highest BCUT2D eigenvalue weighted by Gasteiger charge is 2.35. The fraction of sp³-hybridized carbons (Fsp3) is 0.238. The van der Waals surface area contributed by atoms with E-state index in [4.69, 9.17) is 9.47 Å². The summed E-state index contributed by atoms with van der Waals surface area (Å²) in [6.45, 7) is 5.11. The summed E-state index contributed by atoms with van der Waals surface area (Å²) in [5.74, 6) is 1.03. The van der Waals surface area contributed by atoms with E-state index in [0.717, 1.165) is 30.9 Å². The number of halogens is 2. The molecule has 1 aliphatic rings. The molecule has 2 amide bonds. The summed E-state index contributed by atoms with van der Waals surface area (Å²) < 4.78 is 13.2. The van der Waals surface area contributed by atoms with Crippen molar-refractivity contribution in [3.63, 3.8) is 0 Å². The normalized spacial score (nSPS) is 15.3. The number of carbonyl (C=O) groups is 2. The van der Waals surface area contributed by atoms with Crippen molar-refractivity contribution >= 4 is 67.5 Å². The Bertz CT molecular complexity index is 962. The lowest BCUT2D eigenvalue weighted by Gasteiger charge is -2.14. The predicted octanol–water partition coefficient (Wildman–Crippen LogP) is 6.09. The molecule has 0 radical (unpaired) electrons. The summed E-state index contributed by atoms with van der Waals surface area (Å²) >= 11 is 6.52. The number of thioether (sulfide) groups is 1. The van der Waals surface area contributed by atoms with Gasteiger partial charge in [-0.3, -0.25) is 14.5 Å². The molecule has 0 bridgehead atoms. The number of benzene rings is 2. The Morgan fingerprint density at radius 2 is 1.79 bits per heavy atom. The highest BCUT2D eigenvalue weighted by atomic mass is 127. The van der Waals surface area contributed by atoms with Crippen molar-refractivity contribution in [1.82, 2.24) is 4.90 Å². The van der Waals surface area contributed by atoms with Crippen LogP contribution in [0.3, 0.4) is 0 Å². The molecular weight excluding hydrogens is 569 g/mol. The molecular formula is C21H19BrINO4S. The van der Waals surface area contributed by atoms with Gasteiger partial charge in [0.25, 0.3) is 11.1 Å². The minimum Gasteiger partial charge on any atom is -0.490 e. The number of imide groups is 1. The molecule has 0 unspecified atom stereocenters. The standard InChI is InChI=1S/C21H19BrINO4S/c1-3-27-17-10-14(9-16(23)19(17)28-4-2)11-18-20(25)24(21(26)29-18)12-13-5-7-15(22)8-6-13/h5-11H,3-4,12H2,1-2H3/b18-11-. The van der Waals surface area contributed by atoms with Gasteiger partial charge in [0.1, 0.15) is 0 Å². The van der Waals surface area contributed by atoms with Gasteiger partial charge in [0.2, 0.25) is 0 Å². The lowest BCUT2D eigenvalue weighted by molar-refractivity contribution is -0.123. The van der Waals surface area contributed by atoms with Crippen LogP contribution in [-0.4, -0.2) is 29.3 Å². The van der Waals surface area contributed by atoms with E-state index in [1.807, 2.05) is 50.2 Å². The second kappa shape index (κ2) is 9.99. The summed E-state index contributed by atoms with van der Waals surface area (Å²) in [5, 5.41) is -0.269. The minimum absolute atomic E-state index is 0.250. The van der Waals surface area contributed by atoms with Gasteiger partial charge >= 0.3 is 0 Å². The molecule has 2 aromatic carbocycles. The van der Waals surface area contributed by atoms with Crippen molar-refractivity contribution in [2.75, 3.05) is 13.2 Å². The maximum Gasteiger partial charge on any atom is 0.293 e. The van der Waals surface area contributed by atoms with Crippen molar-refractivity contribution in [2.45, 2.75) is 20.4 Å². The second-order valence-corrected chi connectivity index (χ2v) is 9.16. The van der Waals surface area contributed by atoms with Crippen LogP contribution in [0, 0.1) is 3.57 Å². The van der Waals surface area contributed by atoms with E-state index in [-0.39, 0.29) is 17.7 Å². The van der Waals surface area contributed by atoms with Crippen LogP contribution in [0.5, 0.6) is 11.5 Å². The van der Waals surface area contributed by atoms with Crippen LogP contribution in [0.1, 0.15) is 25.0 Å². The van der Waals surface area contributed by atoms with E-state index < -0.39 is 0 Å². The van der Waals surface area contributed by atoms with Gasteiger partial charge in [-0.05, 0) is 89.7 Å². The zero-order valence-corrected chi connectivity index (χ0v) is 20.5. The topological polar surface area (TPSA) is 55.8 Å². The van der Waals surface area contributed by atoms with Gasteiger partial charge in [-0.15, -0.1) is 0 Å². The van der Waals surface area contributed by atoms with Crippen molar-refractivity contribution < 1.29 is 19.1 Å². The molecule has 0 aliphatic carbocycles. The highest BCUT2D eigenvalue weighted by molar-refractivity contribution is 14.1. The first-order chi connectivity index (χ1) is 13.9. The SMILES string of the molecule is CCOc1cc(/C=C2\SC(=O)N(Cc3ccc(Br)cc3)C2=O)cc(I)c1OCC. The second-order valence-electron chi connectivity index (χ2n) is 6.09. The lowest BCUT2D eigenvalue weighted by atomic mass is 10.1. The Hall–Kier alpha value is -1.52. The monoisotopic (exact) mass is 587 g/mol. The van der Waals surface area contributed by atoms with Crippen LogP contribution in [0.2, 0.25) is 0 Å². The maximum atomic E-state index is 12.8. The number of hydrogen-bond donors (Lipinski definition) is 0. The predicted molar refractivity (Wildman–Crippen MR) is 127 cm³/mol. The molecule has 8 heteroatoms. The third-order valence-corrected chi connectivity index (χ3v) is 6.28. The van der Waals surface area contributed by atoms with Gasteiger partial charge in [0, 0.05) is 4.47 Å². The Kier molecular flexibility index (Phi) is 7.64. The van der Waals surface area contributed by atoms with Gasteiger partial charge in [0.15, 0.2) is 11.5 Å². The number of carbonyl (C=O) groups excluding carboxylic acids is 2. The number of rotatable bonds is 7. The molecule has 0 atom stereocenters. The molecule has 2 aromatic rings. The van der Waals surface area contributed by atoms with Crippen LogP contribution in [-0.2, 0) is 11.3 Å². The summed E-state index contributed by atoms with van der Waals surface area (Å²) in [5.41, 5.74) is 1.68. The summed E-state index contributed by atoms with van der Waals surface area (Å²) in [6, 6.07) is 11.3. The van der Waals surface area contributed by atoms with Crippen molar-refractivity contribution in [1.29, 1.82) is 0 Å². The Labute approximate surface area is 196 Å². The van der Waals surface area contributed by atoms with E-state index in [0.29, 0.717) is 29.6 Å². The van der Waals surface area contributed by atoms with Gasteiger partial charge in [-0.2, -0.15) is 0 Å². The van der Waals surface area contributed by atoms with E-state index in [9.17, 15) is 9.59 Å². The molecule has 1 saturated heterocycles. The molecule has 0 spiro atoms. The molecule has 1 heterocycles. The summed E-state index contributed by atoms with van der Waals surface area (Å²) in [6.07, 6.45) is 1.73. The molecule has 5 nitrogen and oxygen atoms in total. The zero-order valence-electron chi connectivity index (χ0n) is 15.9. The maximum absolute atomic E-state index is 12.8. The van der Waals surface area contributed by atoms with E-state index >= 15 is 0 Å².